The lowest BCUT2D eigenvalue weighted by molar-refractivity contribution is -0.137. The molecule has 138 valence electrons. The van der Waals surface area contributed by atoms with Crippen LogP contribution in [-0.4, -0.2) is 35.9 Å². The zero-order valence-electron chi connectivity index (χ0n) is 14.4. The van der Waals surface area contributed by atoms with Gasteiger partial charge in [0, 0.05) is 37.8 Å². The number of hydrogen-bond acceptors (Lipinski definition) is 3. The Morgan fingerprint density at radius 1 is 1.23 bits per heavy atom. The Hall–Kier alpha value is -2.57. The Labute approximate surface area is 150 Å². The number of halogens is 3. The van der Waals surface area contributed by atoms with Crippen LogP contribution in [0, 0.1) is 0 Å². The van der Waals surface area contributed by atoms with E-state index in [1.165, 1.54) is 12.1 Å². The van der Waals surface area contributed by atoms with Crippen LogP contribution in [0.25, 0.3) is 0 Å². The third-order valence-electron chi connectivity index (χ3n) is 4.68. The van der Waals surface area contributed by atoms with Gasteiger partial charge >= 0.3 is 6.18 Å². The van der Waals surface area contributed by atoms with Gasteiger partial charge in [-0.1, -0.05) is 12.1 Å². The molecule has 1 atom stereocenters. The van der Waals surface area contributed by atoms with Crippen molar-refractivity contribution < 1.29 is 18.0 Å². The Kier molecular flexibility index (Phi) is 5.15. The first-order valence-corrected chi connectivity index (χ1v) is 8.48. The minimum absolute atomic E-state index is 0.0422. The van der Waals surface area contributed by atoms with E-state index in [1.54, 1.807) is 30.3 Å². The molecule has 2 heterocycles. The second kappa shape index (κ2) is 7.35. The van der Waals surface area contributed by atoms with Crippen LogP contribution in [0.4, 0.5) is 19.0 Å². The van der Waals surface area contributed by atoms with Crippen molar-refractivity contribution in [3.63, 3.8) is 0 Å². The first kappa shape index (κ1) is 18.2. The fourth-order valence-corrected chi connectivity index (χ4v) is 3.26. The molecule has 3 rings (SSSR count). The van der Waals surface area contributed by atoms with Crippen LogP contribution >= 0.6 is 0 Å². The highest BCUT2D eigenvalue weighted by Crippen LogP contribution is 2.32. The summed E-state index contributed by atoms with van der Waals surface area (Å²) in [4.78, 5) is 18.6. The summed E-state index contributed by atoms with van der Waals surface area (Å²) in [6, 6.07) is 8.63. The highest BCUT2D eigenvalue weighted by molar-refractivity contribution is 5.95. The van der Waals surface area contributed by atoms with Crippen LogP contribution in [0.3, 0.4) is 0 Å². The van der Waals surface area contributed by atoms with Crippen LogP contribution in [0.5, 0.6) is 0 Å². The predicted molar refractivity (Wildman–Crippen MR) is 93.1 cm³/mol. The minimum Gasteiger partial charge on any atom is -0.373 e. The minimum atomic E-state index is -4.33. The lowest BCUT2D eigenvalue weighted by Crippen LogP contribution is -2.39. The van der Waals surface area contributed by atoms with E-state index in [0.29, 0.717) is 24.5 Å². The maximum atomic E-state index is 12.8. The summed E-state index contributed by atoms with van der Waals surface area (Å²) >= 11 is 0. The Bertz CT molecular complexity index is 774. The van der Waals surface area contributed by atoms with Gasteiger partial charge in [0.15, 0.2) is 0 Å². The summed E-state index contributed by atoms with van der Waals surface area (Å²) in [5.74, 6) is 0.577. The van der Waals surface area contributed by atoms with Gasteiger partial charge in [0.05, 0.1) is 5.56 Å². The van der Waals surface area contributed by atoms with Gasteiger partial charge in [-0.05, 0) is 42.7 Å². The van der Waals surface area contributed by atoms with Crippen LogP contribution in [0.15, 0.2) is 42.6 Å². The van der Waals surface area contributed by atoms with Crippen molar-refractivity contribution in [1.82, 2.24) is 9.88 Å². The van der Waals surface area contributed by atoms with Gasteiger partial charge in [-0.2, -0.15) is 13.2 Å². The molecule has 1 N–H and O–H groups in total. The number of carbonyl (C=O) groups is 1. The van der Waals surface area contributed by atoms with E-state index in [2.05, 4.69) is 10.3 Å². The number of pyridine rings is 1. The Balaban J connectivity index is 1.73. The van der Waals surface area contributed by atoms with Crippen molar-refractivity contribution in [2.24, 2.45) is 0 Å². The summed E-state index contributed by atoms with van der Waals surface area (Å²) in [6.07, 6.45) is -1.08. The Morgan fingerprint density at radius 2 is 1.96 bits per heavy atom. The number of anilines is 1. The van der Waals surface area contributed by atoms with Gasteiger partial charge in [-0.25, -0.2) is 4.98 Å². The zero-order valence-corrected chi connectivity index (χ0v) is 14.4. The third-order valence-corrected chi connectivity index (χ3v) is 4.68. The summed E-state index contributed by atoms with van der Waals surface area (Å²) in [6.45, 7) is 1.15. The average molecular weight is 363 g/mol. The lowest BCUT2D eigenvalue weighted by Gasteiger charge is -2.33. The van der Waals surface area contributed by atoms with E-state index in [1.807, 2.05) is 0 Å². The molecule has 0 aliphatic carbocycles. The van der Waals surface area contributed by atoms with E-state index in [-0.39, 0.29) is 11.8 Å². The number of hydrogen-bond donors (Lipinski definition) is 1. The van der Waals surface area contributed by atoms with E-state index in [9.17, 15) is 18.0 Å². The molecule has 0 saturated carbocycles. The first-order valence-electron chi connectivity index (χ1n) is 8.48. The monoisotopic (exact) mass is 363 g/mol. The van der Waals surface area contributed by atoms with Crippen molar-refractivity contribution >= 4 is 11.7 Å². The van der Waals surface area contributed by atoms with Gasteiger partial charge < -0.3 is 10.2 Å². The van der Waals surface area contributed by atoms with Crippen molar-refractivity contribution in [2.45, 2.75) is 24.9 Å². The van der Waals surface area contributed by atoms with Crippen LogP contribution in [-0.2, 0) is 6.18 Å². The quantitative estimate of drug-likeness (QED) is 0.891. The smallest absolute Gasteiger partial charge is 0.373 e. The Morgan fingerprint density at radius 3 is 2.62 bits per heavy atom. The van der Waals surface area contributed by atoms with Crippen molar-refractivity contribution in [3.05, 3.63) is 59.3 Å². The predicted octanol–water partition coefficient (Wildman–Crippen LogP) is 4.16. The fourth-order valence-electron chi connectivity index (χ4n) is 3.26. The van der Waals surface area contributed by atoms with Crippen LogP contribution in [0.2, 0.25) is 0 Å². The van der Waals surface area contributed by atoms with E-state index in [4.69, 9.17) is 0 Å². The first-order chi connectivity index (χ1) is 12.4. The number of carbonyl (C=O) groups excluding carboxylic acids is 1. The molecule has 1 amide bonds. The van der Waals surface area contributed by atoms with Crippen molar-refractivity contribution in [2.75, 3.05) is 25.5 Å². The molecule has 0 radical (unpaired) electrons. The average Bonchev–Trinajstić information content (AvgIpc) is 2.67. The summed E-state index contributed by atoms with van der Waals surface area (Å²) in [5, 5.41) is 2.90. The standard InChI is InChI=1S/C19H20F3N3O/c1-23-17-11-14(8-9-24-17)18(26)25-10-2-3-15(12-25)13-4-6-16(7-5-13)19(20,21)22/h4-9,11,15H,2-3,10,12H2,1H3,(H,23,24). The van der Waals surface area contributed by atoms with Gasteiger partial charge in [-0.3, -0.25) is 4.79 Å². The van der Waals surface area contributed by atoms with Crippen molar-refractivity contribution in [1.29, 1.82) is 0 Å². The van der Waals surface area contributed by atoms with E-state index in [0.717, 1.165) is 30.5 Å². The van der Waals surface area contributed by atoms with Gasteiger partial charge in [-0.15, -0.1) is 0 Å². The summed E-state index contributed by atoms with van der Waals surface area (Å²) in [7, 11) is 1.73. The molecule has 7 heteroatoms. The molecule has 0 bridgehead atoms. The molecule has 1 aliphatic rings. The number of likely N-dealkylation sites (tertiary alicyclic amines) is 1. The number of nitrogens with zero attached hydrogens (tertiary/aromatic N) is 2. The van der Waals surface area contributed by atoms with E-state index < -0.39 is 11.7 Å². The molecule has 0 spiro atoms. The molecular weight excluding hydrogens is 343 g/mol. The van der Waals surface area contributed by atoms with Crippen molar-refractivity contribution in [3.8, 4) is 0 Å². The van der Waals surface area contributed by atoms with E-state index >= 15 is 0 Å². The van der Waals surface area contributed by atoms with Crippen LogP contribution < -0.4 is 5.32 Å². The molecule has 1 aliphatic heterocycles. The number of aromatic nitrogens is 1. The fraction of sp³-hybridized carbons (Fsp3) is 0.368. The number of alkyl halides is 3. The SMILES string of the molecule is CNc1cc(C(=O)N2CCCC(c3ccc(C(F)(F)F)cc3)C2)ccn1. The maximum Gasteiger partial charge on any atom is 0.416 e. The molecule has 26 heavy (non-hydrogen) atoms. The summed E-state index contributed by atoms with van der Waals surface area (Å²) in [5.41, 5.74) is 0.736. The number of nitrogens with one attached hydrogen (secondary N) is 1. The molecule has 1 unspecified atom stereocenters. The highest BCUT2D eigenvalue weighted by Gasteiger charge is 2.31. The van der Waals surface area contributed by atoms with Gasteiger partial charge in [0.2, 0.25) is 0 Å². The topological polar surface area (TPSA) is 45.2 Å². The molecular formula is C19H20F3N3O. The van der Waals surface area contributed by atoms with Gasteiger partial charge in [0.25, 0.3) is 5.91 Å². The molecule has 1 aromatic heterocycles. The summed E-state index contributed by atoms with van der Waals surface area (Å²) < 4.78 is 38.1. The molecule has 1 aromatic carbocycles. The maximum absolute atomic E-state index is 12.8. The molecule has 1 fully saturated rings. The lowest BCUT2D eigenvalue weighted by atomic mass is 9.90. The zero-order chi connectivity index (χ0) is 18.7. The van der Waals surface area contributed by atoms with Crippen LogP contribution in [0.1, 0.15) is 40.2 Å². The number of piperidine rings is 1. The largest absolute Gasteiger partial charge is 0.416 e. The third kappa shape index (κ3) is 3.98. The number of rotatable bonds is 3. The molecule has 1 saturated heterocycles. The second-order valence-electron chi connectivity index (χ2n) is 6.39. The normalized spacial score (nSPS) is 17.8. The second-order valence-corrected chi connectivity index (χ2v) is 6.39. The number of benzene rings is 1. The molecule has 4 nitrogen and oxygen atoms in total. The highest BCUT2D eigenvalue weighted by atomic mass is 19.4. The number of amides is 1. The molecule has 2 aromatic rings. The van der Waals surface area contributed by atoms with Gasteiger partial charge in [0.1, 0.15) is 5.82 Å².